The molecule has 27 heavy (non-hydrogen) atoms. The average Bonchev–Trinajstić information content (AvgIpc) is 2.72. The monoisotopic (exact) mass is 369 g/mol. The molecule has 0 aliphatic heterocycles. The lowest BCUT2D eigenvalue weighted by Gasteiger charge is -2.35. The molecule has 146 valence electrons. The van der Waals surface area contributed by atoms with Crippen molar-refractivity contribution in [3.63, 3.8) is 0 Å². The van der Waals surface area contributed by atoms with Crippen LogP contribution in [0, 0.1) is 0 Å². The van der Waals surface area contributed by atoms with E-state index < -0.39 is 5.60 Å². The van der Waals surface area contributed by atoms with Crippen molar-refractivity contribution in [3.8, 4) is 5.75 Å². The minimum Gasteiger partial charge on any atom is -0.493 e. The maximum atomic E-state index is 13.2. The van der Waals surface area contributed by atoms with Crippen LogP contribution in [0.5, 0.6) is 5.75 Å². The van der Waals surface area contributed by atoms with Gasteiger partial charge < -0.3 is 14.8 Å². The predicted octanol–water partition coefficient (Wildman–Crippen LogP) is 5.70. The molecule has 1 N–H and O–H groups in total. The van der Waals surface area contributed by atoms with Gasteiger partial charge in [0, 0.05) is 23.1 Å². The molecule has 0 radical (unpaired) electrons. The highest BCUT2D eigenvalue weighted by molar-refractivity contribution is 6.06. The van der Waals surface area contributed by atoms with Crippen LogP contribution >= 0.6 is 0 Å². The summed E-state index contributed by atoms with van der Waals surface area (Å²) in [7, 11) is 0. The Morgan fingerprint density at radius 1 is 0.963 bits per heavy atom. The highest BCUT2D eigenvalue weighted by atomic mass is 16.5. The number of hydrogen-bond acceptors (Lipinski definition) is 3. The smallest absolute Gasteiger partial charge is 0.256 e. The van der Waals surface area contributed by atoms with E-state index in [-0.39, 0.29) is 5.91 Å². The highest BCUT2D eigenvalue weighted by Gasteiger charge is 2.40. The van der Waals surface area contributed by atoms with Gasteiger partial charge in [0.15, 0.2) is 0 Å². The van der Waals surface area contributed by atoms with E-state index in [0.717, 1.165) is 60.7 Å². The number of carbonyl (C=O) groups is 1. The van der Waals surface area contributed by atoms with Gasteiger partial charge in [-0.2, -0.15) is 0 Å². The van der Waals surface area contributed by atoms with Crippen molar-refractivity contribution < 1.29 is 14.3 Å². The van der Waals surface area contributed by atoms with Crippen molar-refractivity contribution in [3.05, 3.63) is 36.4 Å². The maximum absolute atomic E-state index is 13.2. The summed E-state index contributed by atoms with van der Waals surface area (Å²) in [4.78, 5) is 13.2. The largest absolute Gasteiger partial charge is 0.493 e. The Bertz CT molecular complexity index is 765. The molecule has 0 atom stereocenters. The van der Waals surface area contributed by atoms with Gasteiger partial charge in [-0.25, -0.2) is 0 Å². The van der Waals surface area contributed by atoms with Crippen molar-refractivity contribution in [2.45, 2.75) is 64.4 Å². The minimum atomic E-state index is -0.688. The predicted molar refractivity (Wildman–Crippen MR) is 110 cm³/mol. The number of fused-ring (bicyclic) bond motifs is 1. The molecule has 1 amide bonds. The van der Waals surface area contributed by atoms with E-state index in [0.29, 0.717) is 13.2 Å². The third-order valence-electron chi connectivity index (χ3n) is 5.25. The second kappa shape index (κ2) is 9.23. The van der Waals surface area contributed by atoms with E-state index in [9.17, 15) is 4.79 Å². The van der Waals surface area contributed by atoms with Gasteiger partial charge in [0.1, 0.15) is 11.4 Å². The van der Waals surface area contributed by atoms with E-state index in [1.807, 2.05) is 36.4 Å². The van der Waals surface area contributed by atoms with Crippen molar-refractivity contribution in [1.82, 2.24) is 0 Å². The van der Waals surface area contributed by atoms with E-state index in [1.165, 1.54) is 6.42 Å². The topological polar surface area (TPSA) is 47.6 Å². The first kappa shape index (κ1) is 19.7. The van der Waals surface area contributed by atoms with Gasteiger partial charge in [-0.3, -0.25) is 4.79 Å². The number of carbonyl (C=O) groups excluding carboxylic acids is 1. The summed E-state index contributed by atoms with van der Waals surface area (Å²) in [6, 6.07) is 12.0. The summed E-state index contributed by atoms with van der Waals surface area (Å²) in [5.41, 5.74) is 0.136. The number of amides is 1. The normalized spacial score (nSPS) is 16.2. The molecule has 2 aromatic rings. The molecule has 2 aromatic carbocycles. The second-order valence-electron chi connectivity index (χ2n) is 7.36. The van der Waals surface area contributed by atoms with Crippen LogP contribution in [0.4, 0.5) is 5.69 Å². The van der Waals surface area contributed by atoms with Crippen LogP contribution in [0.2, 0.25) is 0 Å². The standard InChI is InChI=1S/C23H31NO3/c1-3-16-26-21-13-12-20(18-10-6-7-11-19(18)21)24-22(25)23(27-17-4-2)14-8-5-9-15-23/h6-7,10-13H,3-5,8-9,14-17H2,1-2H3,(H,24,25). The SMILES string of the molecule is CCCOc1ccc(NC(=O)C2(OCCC)CCCCC2)c2ccccc12. The lowest BCUT2D eigenvalue weighted by molar-refractivity contribution is -0.146. The molecule has 1 aliphatic carbocycles. The zero-order valence-electron chi connectivity index (χ0n) is 16.6. The first-order valence-corrected chi connectivity index (χ1v) is 10.3. The first-order chi connectivity index (χ1) is 13.2. The molecule has 0 spiro atoms. The second-order valence-corrected chi connectivity index (χ2v) is 7.36. The Hall–Kier alpha value is -2.07. The Labute approximate surface area is 162 Å². The molecule has 1 aliphatic rings. The number of hydrogen-bond donors (Lipinski definition) is 1. The number of ether oxygens (including phenoxy) is 2. The maximum Gasteiger partial charge on any atom is 0.256 e. The van der Waals surface area contributed by atoms with Crippen LogP contribution in [0.1, 0.15) is 58.8 Å². The Kier molecular flexibility index (Phi) is 6.73. The zero-order valence-corrected chi connectivity index (χ0v) is 16.6. The molecule has 4 nitrogen and oxygen atoms in total. The molecule has 1 fully saturated rings. The summed E-state index contributed by atoms with van der Waals surface area (Å²) in [5.74, 6) is 0.850. The summed E-state index contributed by atoms with van der Waals surface area (Å²) >= 11 is 0. The fourth-order valence-electron chi connectivity index (χ4n) is 3.81. The first-order valence-electron chi connectivity index (χ1n) is 10.3. The van der Waals surface area contributed by atoms with Gasteiger partial charge >= 0.3 is 0 Å². The number of rotatable bonds is 8. The molecule has 0 heterocycles. The van der Waals surface area contributed by atoms with Crippen LogP contribution in [0.15, 0.2) is 36.4 Å². The van der Waals surface area contributed by atoms with Crippen LogP contribution in [-0.2, 0) is 9.53 Å². The van der Waals surface area contributed by atoms with Gasteiger partial charge in [0.25, 0.3) is 5.91 Å². The summed E-state index contributed by atoms with van der Waals surface area (Å²) in [6.45, 7) is 5.48. The minimum absolute atomic E-state index is 0.0111. The molecular weight excluding hydrogens is 338 g/mol. The van der Waals surface area contributed by atoms with E-state index in [2.05, 4.69) is 19.2 Å². The van der Waals surface area contributed by atoms with Crippen molar-refractivity contribution in [1.29, 1.82) is 0 Å². The van der Waals surface area contributed by atoms with Gasteiger partial charge in [0.2, 0.25) is 0 Å². The Morgan fingerprint density at radius 2 is 1.67 bits per heavy atom. The van der Waals surface area contributed by atoms with Gasteiger partial charge in [-0.1, -0.05) is 57.4 Å². The zero-order chi connectivity index (χ0) is 19.1. The van der Waals surface area contributed by atoms with E-state index in [4.69, 9.17) is 9.47 Å². The highest BCUT2D eigenvalue weighted by Crippen LogP contribution is 2.36. The molecular formula is C23H31NO3. The molecule has 0 saturated heterocycles. The summed E-state index contributed by atoms with van der Waals surface area (Å²) in [6.07, 6.45) is 6.74. The number of benzene rings is 2. The average molecular weight is 370 g/mol. The van der Waals surface area contributed by atoms with Gasteiger partial charge in [-0.15, -0.1) is 0 Å². The molecule has 0 aromatic heterocycles. The molecule has 3 rings (SSSR count). The lowest BCUT2D eigenvalue weighted by Crippen LogP contribution is -2.47. The van der Waals surface area contributed by atoms with E-state index in [1.54, 1.807) is 0 Å². The van der Waals surface area contributed by atoms with Gasteiger partial charge in [-0.05, 0) is 37.8 Å². The summed E-state index contributed by atoms with van der Waals surface area (Å²) < 4.78 is 12.0. The fraction of sp³-hybridized carbons (Fsp3) is 0.522. The van der Waals surface area contributed by atoms with Crippen molar-refractivity contribution >= 4 is 22.4 Å². The fourth-order valence-corrected chi connectivity index (χ4v) is 3.81. The molecule has 4 heteroatoms. The van der Waals surface area contributed by atoms with Crippen molar-refractivity contribution in [2.24, 2.45) is 0 Å². The molecule has 0 unspecified atom stereocenters. The summed E-state index contributed by atoms with van der Waals surface area (Å²) in [5, 5.41) is 5.19. The Balaban J connectivity index is 1.87. The van der Waals surface area contributed by atoms with Gasteiger partial charge in [0.05, 0.1) is 6.61 Å². The molecule has 1 saturated carbocycles. The lowest BCUT2D eigenvalue weighted by atomic mass is 9.83. The number of nitrogens with one attached hydrogen (secondary N) is 1. The number of anilines is 1. The quantitative estimate of drug-likeness (QED) is 0.649. The van der Waals surface area contributed by atoms with Crippen LogP contribution in [-0.4, -0.2) is 24.7 Å². The Morgan fingerprint density at radius 3 is 2.37 bits per heavy atom. The van der Waals surface area contributed by atoms with Crippen LogP contribution in [0.3, 0.4) is 0 Å². The molecule has 0 bridgehead atoms. The van der Waals surface area contributed by atoms with Crippen LogP contribution < -0.4 is 10.1 Å². The van der Waals surface area contributed by atoms with E-state index >= 15 is 0 Å². The third-order valence-corrected chi connectivity index (χ3v) is 5.25. The third kappa shape index (κ3) is 4.44. The van der Waals surface area contributed by atoms with Crippen molar-refractivity contribution in [2.75, 3.05) is 18.5 Å². The van der Waals surface area contributed by atoms with Crippen LogP contribution in [0.25, 0.3) is 10.8 Å².